The van der Waals surface area contributed by atoms with Gasteiger partial charge < -0.3 is 9.64 Å². The normalized spacial score (nSPS) is 17.3. The van der Waals surface area contributed by atoms with Crippen molar-refractivity contribution in [2.45, 2.75) is 39.2 Å². The molecule has 0 aliphatic carbocycles. The van der Waals surface area contributed by atoms with Crippen molar-refractivity contribution in [2.24, 2.45) is 0 Å². The van der Waals surface area contributed by atoms with Crippen molar-refractivity contribution in [3.8, 4) is 0 Å². The van der Waals surface area contributed by atoms with Crippen molar-refractivity contribution in [2.75, 3.05) is 13.7 Å². The average molecular weight is 348 g/mol. The summed E-state index contributed by atoms with van der Waals surface area (Å²) in [5.74, 6) is -0.535. The van der Waals surface area contributed by atoms with Gasteiger partial charge in [-0.3, -0.25) is 9.89 Å². The maximum Gasteiger partial charge on any atom is 0.357 e. The molecule has 1 aliphatic heterocycles. The fourth-order valence-corrected chi connectivity index (χ4v) is 3.97. The third kappa shape index (κ3) is 2.93. The SMILES string of the molecule is CCc1cc(C(=O)N2CCC[C@H]2c2nc(C(=O)OC)c(C)s2)n[nH]1. The van der Waals surface area contributed by atoms with Crippen LogP contribution in [0.25, 0.3) is 0 Å². The molecule has 0 aromatic carbocycles. The quantitative estimate of drug-likeness (QED) is 0.858. The number of aromatic amines is 1. The number of nitrogens with one attached hydrogen (secondary N) is 1. The summed E-state index contributed by atoms with van der Waals surface area (Å²) in [6, 6.07) is 1.69. The number of aryl methyl sites for hydroxylation is 2. The molecule has 24 heavy (non-hydrogen) atoms. The number of likely N-dealkylation sites (tertiary alicyclic amines) is 1. The predicted octanol–water partition coefficient (Wildman–Crippen LogP) is 2.50. The zero-order valence-electron chi connectivity index (χ0n) is 14.0. The van der Waals surface area contributed by atoms with E-state index in [1.807, 2.05) is 13.8 Å². The summed E-state index contributed by atoms with van der Waals surface area (Å²) in [4.78, 5) is 31.6. The molecule has 128 valence electrons. The van der Waals surface area contributed by atoms with Crippen LogP contribution >= 0.6 is 11.3 Å². The van der Waals surface area contributed by atoms with Crippen LogP contribution in [-0.2, 0) is 11.2 Å². The molecular weight excluding hydrogens is 328 g/mol. The third-order valence-electron chi connectivity index (χ3n) is 4.22. The second-order valence-electron chi connectivity index (χ2n) is 5.74. The van der Waals surface area contributed by atoms with Crippen LogP contribution in [0, 0.1) is 6.92 Å². The number of carbonyl (C=O) groups excluding carboxylic acids is 2. The number of rotatable bonds is 4. The van der Waals surface area contributed by atoms with E-state index in [0.717, 1.165) is 34.8 Å². The fraction of sp³-hybridized carbons (Fsp3) is 0.500. The fourth-order valence-electron chi connectivity index (χ4n) is 2.91. The molecule has 3 rings (SSSR count). The number of methoxy groups -OCH3 is 1. The summed E-state index contributed by atoms with van der Waals surface area (Å²) >= 11 is 1.45. The number of carbonyl (C=O) groups is 2. The van der Waals surface area contributed by atoms with Crippen molar-refractivity contribution in [1.82, 2.24) is 20.1 Å². The van der Waals surface area contributed by atoms with Crippen molar-refractivity contribution in [3.63, 3.8) is 0 Å². The maximum absolute atomic E-state index is 12.8. The minimum atomic E-state index is -0.439. The molecule has 7 nitrogen and oxygen atoms in total. The van der Waals surface area contributed by atoms with Crippen LogP contribution < -0.4 is 0 Å². The van der Waals surface area contributed by atoms with Gasteiger partial charge in [0.15, 0.2) is 5.69 Å². The molecule has 8 heteroatoms. The highest BCUT2D eigenvalue weighted by atomic mass is 32.1. The molecule has 0 bridgehead atoms. The summed E-state index contributed by atoms with van der Waals surface area (Å²) in [7, 11) is 1.34. The molecule has 1 saturated heterocycles. The Morgan fingerprint density at radius 1 is 1.50 bits per heavy atom. The van der Waals surface area contributed by atoms with Crippen molar-refractivity contribution in [1.29, 1.82) is 0 Å². The Bertz CT molecular complexity index is 767. The summed E-state index contributed by atoms with van der Waals surface area (Å²) < 4.78 is 4.76. The van der Waals surface area contributed by atoms with Gasteiger partial charge in [0, 0.05) is 17.1 Å². The number of ether oxygens (including phenoxy) is 1. The number of hydrogen-bond donors (Lipinski definition) is 1. The van der Waals surface area contributed by atoms with E-state index in [2.05, 4.69) is 15.2 Å². The standard InChI is InChI=1S/C16H20N4O3S/c1-4-10-8-11(19-18-10)15(21)20-7-5-6-12(20)14-17-13(9(2)24-14)16(22)23-3/h8,12H,4-7H2,1-3H3,(H,18,19)/t12-/m0/s1. The molecule has 1 fully saturated rings. The first-order valence-electron chi connectivity index (χ1n) is 7.96. The molecule has 1 aliphatic rings. The van der Waals surface area contributed by atoms with E-state index in [4.69, 9.17) is 4.74 Å². The first-order valence-corrected chi connectivity index (χ1v) is 8.77. The monoisotopic (exact) mass is 348 g/mol. The van der Waals surface area contributed by atoms with E-state index in [0.29, 0.717) is 17.9 Å². The summed E-state index contributed by atoms with van der Waals surface area (Å²) in [5.41, 5.74) is 1.71. The Kier molecular flexibility index (Phi) is 4.66. The molecule has 1 N–H and O–H groups in total. The van der Waals surface area contributed by atoms with Gasteiger partial charge in [-0.15, -0.1) is 11.3 Å². The molecule has 0 unspecified atom stereocenters. The largest absolute Gasteiger partial charge is 0.464 e. The van der Waals surface area contributed by atoms with Gasteiger partial charge in [0.05, 0.1) is 13.2 Å². The van der Waals surface area contributed by atoms with Gasteiger partial charge in [-0.1, -0.05) is 6.92 Å². The smallest absolute Gasteiger partial charge is 0.357 e. The number of H-pyrrole nitrogens is 1. The highest BCUT2D eigenvalue weighted by Gasteiger charge is 2.34. The lowest BCUT2D eigenvalue weighted by Crippen LogP contribution is -2.30. The van der Waals surface area contributed by atoms with Crippen LogP contribution in [0.4, 0.5) is 0 Å². The number of aromatic nitrogens is 3. The number of amides is 1. The zero-order valence-corrected chi connectivity index (χ0v) is 14.8. The van der Waals surface area contributed by atoms with Gasteiger partial charge in [0.2, 0.25) is 0 Å². The van der Waals surface area contributed by atoms with Gasteiger partial charge in [0.25, 0.3) is 5.91 Å². The van der Waals surface area contributed by atoms with Gasteiger partial charge >= 0.3 is 5.97 Å². The Balaban J connectivity index is 1.85. The van der Waals surface area contributed by atoms with Gasteiger partial charge in [0.1, 0.15) is 10.7 Å². The highest BCUT2D eigenvalue weighted by molar-refractivity contribution is 7.12. The van der Waals surface area contributed by atoms with Gasteiger partial charge in [-0.2, -0.15) is 5.10 Å². The molecule has 2 aromatic heterocycles. The number of thiazole rings is 1. The summed E-state index contributed by atoms with van der Waals surface area (Å²) in [6.07, 6.45) is 2.55. The Labute approximate surface area is 144 Å². The van der Waals surface area contributed by atoms with Crippen LogP contribution in [0.5, 0.6) is 0 Å². The molecule has 3 heterocycles. The summed E-state index contributed by atoms with van der Waals surface area (Å²) in [6.45, 7) is 4.52. The first-order chi connectivity index (χ1) is 11.5. The Morgan fingerprint density at radius 2 is 2.29 bits per heavy atom. The van der Waals surface area contributed by atoms with E-state index < -0.39 is 5.97 Å². The van der Waals surface area contributed by atoms with Crippen molar-refractivity contribution in [3.05, 3.63) is 33.0 Å². The van der Waals surface area contributed by atoms with Crippen LogP contribution in [0.3, 0.4) is 0 Å². The van der Waals surface area contributed by atoms with Crippen LogP contribution in [0.15, 0.2) is 6.07 Å². The average Bonchev–Trinajstić information content (AvgIpc) is 3.31. The lowest BCUT2D eigenvalue weighted by atomic mass is 10.2. The number of nitrogens with zero attached hydrogens (tertiary/aromatic N) is 3. The molecule has 2 aromatic rings. The van der Waals surface area contributed by atoms with Crippen LogP contribution in [0.1, 0.15) is 62.4 Å². The molecule has 1 atom stereocenters. The predicted molar refractivity (Wildman–Crippen MR) is 89.2 cm³/mol. The van der Waals surface area contributed by atoms with Crippen molar-refractivity contribution >= 4 is 23.2 Å². The van der Waals surface area contributed by atoms with E-state index in [9.17, 15) is 9.59 Å². The number of hydrogen-bond acceptors (Lipinski definition) is 6. The topological polar surface area (TPSA) is 88.2 Å². The zero-order chi connectivity index (χ0) is 17.3. The molecule has 0 saturated carbocycles. The first kappa shape index (κ1) is 16.6. The second kappa shape index (κ2) is 6.72. The second-order valence-corrected chi connectivity index (χ2v) is 6.97. The van der Waals surface area contributed by atoms with Gasteiger partial charge in [-0.25, -0.2) is 9.78 Å². The minimum absolute atomic E-state index is 0.0964. The maximum atomic E-state index is 12.8. The van der Waals surface area contributed by atoms with E-state index >= 15 is 0 Å². The van der Waals surface area contributed by atoms with E-state index in [1.54, 1.807) is 11.0 Å². The highest BCUT2D eigenvalue weighted by Crippen LogP contribution is 2.36. The third-order valence-corrected chi connectivity index (χ3v) is 5.29. The molecule has 1 amide bonds. The van der Waals surface area contributed by atoms with Crippen molar-refractivity contribution < 1.29 is 14.3 Å². The van der Waals surface area contributed by atoms with Crippen LogP contribution in [-0.4, -0.2) is 45.6 Å². The number of esters is 1. The molecule has 0 radical (unpaired) electrons. The minimum Gasteiger partial charge on any atom is -0.464 e. The van der Waals surface area contributed by atoms with Crippen LogP contribution in [0.2, 0.25) is 0 Å². The molecule has 0 spiro atoms. The molecular formula is C16H20N4O3S. The van der Waals surface area contributed by atoms with E-state index in [1.165, 1.54) is 18.4 Å². The summed E-state index contributed by atoms with van der Waals surface area (Å²) in [5, 5.41) is 7.78. The lowest BCUT2D eigenvalue weighted by molar-refractivity contribution is 0.0593. The Morgan fingerprint density at radius 3 is 2.96 bits per heavy atom. The van der Waals surface area contributed by atoms with E-state index in [-0.39, 0.29) is 11.9 Å². The Hall–Kier alpha value is -2.22. The van der Waals surface area contributed by atoms with Gasteiger partial charge in [-0.05, 0) is 32.3 Å². The lowest BCUT2D eigenvalue weighted by Gasteiger charge is -2.22.